The first-order valence-corrected chi connectivity index (χ1v) is 7.29. The first kappa shape index (κ1) is 14.3. The van der Waals surface area contributed by atoms with E-state index in [-0.39, 0.29) is 4.47 Å². The van der Waals surface area contributed by atoms with Crippen molar-refractivity contribution in [3.8, 4) is 6.07 Å². The third-order valence-electron chi connectivity index (χ3n) is 3.55. The summed E-state index contributed by atoms with van der Waals surface area (Å²) in [4.78, 5) is 2.41. The molecule has 0 radical (unpaired) electrons. The average molecular weight is 326 g/mol. The lowest BCUT2D eigenvalue weighted by atomic mass is 10.2. The molecule has 1 aromatic carbocycles. The molecule has 1 heterocycles. The molecule has 0 amide bonds. The Hall–Kier alpha value is -1.12. The van der Waals surface area contributed by atoms with Crippen LogP contribution >= 0.6 is 15.9 Å². The van der Waals surface area contributed by atoms with Crippen molar-refractivity contribution in [2.75, 3.05) is 25.0 Å². The summed E-state index contributed by atoms with van der Waals surface area (Å²) in [5, 5.41) is 11.9. The van der Waals surface area contributed by atoms with Gasteiger partial charge in [0, 0.05) is 12.6 Å². The number of hydrogen-bond acceptors (Lipinski definition) is 3. The number of hydrogen-bond donors (Lipinski definition) is 1. The highest BCUT2D eigenvalue weighted by atomic mass is 79.9. The van der Waals surface area contributed by atoms with Crippen molar-refractivity contribution in [2.45, 2.75) is 25.8 Å². The van der Waals surface area contributed by atoms with E-state index in [0.717, 1.165) is 13.1 Å². The fourth-order valence-corrected chi connectivity index (χ4v) is 2.78. The summed E-state index contributed by atoms with van der Waals surface area (Å²) in [6.45, 7) is 5.11. The monoisotopic (exact) mass is 325 g/mol. The second-order valence-corrected chi connectivity index (χ2v) is 5.67. The largest absolute Gasteiger partial charge is 0.381 e. The van der Waals surface area contributed by atoms with Gasteiger partial charge in [-0.3, -0.25) is 4.90 Å². The minimum atomic E-state index is -0.396. The van der Waals surface area contributed by atoms with Crippen LogP contribution in [0.2, 0.25) is 0 Å². The second kappa shape index (κ2) is 6.36. The van der Waals surface area contributed by atoms with E-state index >= 15 is 0 Å². The normalized spacial score (nSPS) is 17.2. The Morgan fingerprint density at radius 3 is 2.79 bits per heavy atom. The predicted molar refractivity (Wildman–Crippen MR) is 77.6 cm³/mol. The zero-order valence-corrected chi connectivity index (χ0v) is 12.5. The Balaban J connectivity index is 2.00. The molecular formula is C14H17BrFN3. The smallest absolute Gasteiger partial charge is 0.161 e. The number of rotatable bonds is 4. The minimum Gasteiger partial charge on any atom is -0.381 e. The lowest BCUT2D eigenvalue weighted by Crippen LogP contribution is -2.35. The number of nitriles is 1. The van der Waals surface area contributed by atoms with E-state index in [1.807, 2.05) is 6.07 Å². The highest BCUT2D eigenvalue weighted by Gasteiger charge is 2.18. The quantitative estimate of drug-likeness (QED) is 0.922. The Kier molecular flexibility index (Phi) is 4.78. The molecule has 1 fully saturated rings. The lowest BCUT2D eigenvalue weighted by molar-refractivity contribution is 0.269. The number of anilines is 1. The van der Waals surface area contributed by atoms with Crippen LogP contribution in [-0.2, 0) is 0 Å². The van der Waals surface area contributed by atoms with Crippen molar-refractivity contribution in [1.82, 2.24) is 4.90 Å². The van der Waals surface area contributed by atoms with Gasteiger partial charge in [-0.05, 0) is 60.9 Å². The molecule has 1 unspecified atom stereocenters. The van der Waals surface area contributed by atoms with Gasteiger partial charge in [0.05, 0.1) is 15.7 Å². The molecule has 19 heavy (non-hydrogen) atoms. The maximum Gasteiger partial charge on any atom is 0.161 e. The van der Waals surface area contributed by atoms with Gasteiger partial charge in [-0.2, -0.15) is 5.26 Å². The third-order valence-corrected chi connectivity index (χ3v) is 4.33. The van der Waals surface area contributed by atoms with Gasteiger partial charge in [-0.15, -0.1) is 0 Å². The van der Waals surface area contributed by atoms with E-state index in [1.165, 1.54) is 12.8 Å². The molecule has 0 aliphatic carbocycles. The molecule has 102 valence electrons. The minimum absolute atomic E-state index is 0.230. The van der Waals surface area contributed by atoms with Gasteiger partial charge in [0.1, 0.15) is 6.07 Å². The molecule has 0 bridgehead atoms. The molecule has 1 N–H and O–H groups in total. The van der Waals surface area contributed by atoms with Crippen LogP contribution in [0.1, 0.15) is 25.3 Å². The highest BCUT2D eigenvalue weighted by Crippen LogP contribution is 2.26. The Morgan fingerprint density at radius 2 is 2.16 bits per heavy atom. The summed E-state index contributed by atoms with van der Waals surface area (Å²) < 4.78 is 14.2. The fraction of sp³-hybridized carbons (Fsp3) is 0.500. The maximum absolute atomic E-state index is 14.0. The Morgan fingerprint density at radius 1 is 1.47 bits per heavy atom. The number of benzene rings is 1. The predicted octanol–water partition coefficient (Wildman–Crippen LogP) is 3.36. The molecule has 0 aromatic heterocycles. The summed E-state index contributed by atoms with van der Waals surface area (Å²) in [7, 11) is 0. The number of nitrogens with one attached hydrogen (secondary N) is 1. The molecule has 1 aliphatic rings. The summed E-state index contributed by atoms with van der Waals surface area (Å²) in [6, 6.07) is 5.58. The van der Waals surface area contributed by atoms with E-state index in [4.69, 9.17) is 5.26 Å². The zero-order valence-electron chi connectivity index (χ0n) is 10.9. The first-order valence-electron chi connectivity index (χ1n) is 6.49. The summed E-state index contributed by atoms with van der Waals surface area (Å²) in [6.07, 6.45) is 2.50. The highest BCUT2D eigenvalue weighted by molar-refractivity contribution is 9.10. The van der Waals surface area contributed by atoms with Crippen LogP contribution < -0.4 is 5.32 Å². The Labute approximate surface area is 121 Å². The van der Waals surface area contributed by atoms with E-state index in [9.17, 15) is 4.39 Å². The lowest BCUT2D eigenvalue weighted by Gasteiger charge is -2.24. The zero-order chi connectivity index (χ0) is 13.8. The average Bonchev–Trinajstić information content (AvgIpc) is 2.94. The fourth-order valence-electron chi connectivity index (χ4n) is 2.34. The van der Waals surface area contributed by atoms with Crippen LogP contribution in [0.5, 0.6) is 0 Å². The molecule has 1 aliphatic heterocycles. The van der Waals surface area contributed by atoms with Crippen molar-refractivity contribution >= 4 is 21.6 Å². The topological polar surface area (TPSA) is 39.1 Å². The first-order chi connectivity index (χ1) is 9.13. The standard InChI is InChI=1S/C14H17BrFN3/c1-10(19-6-2-3-7-19)9-18-12-5-4-11(8-17)13(15)14(12)16/h4-5,10,18H,2-3,6-7,9H2,1H3. The van der Waals surface area contributed by atoms with Crippen molar-refractivity contribution < 1.29 is 4.39 Å². The van der Waals surface area contributed by atoms with Crippen LogP contribution in [0.25, 0.3) is 0 Å². The van der Waals surface area contributed by atoms with Crippen molar-refractivity contribution in [3.63, 3.8) is 0 Å². The van der Waals surface area contributed by atoms with Crippen molar-refractivity contribution in [3.05, 3.63) is 28.0 Å². The van der Waals surface area contributed by atoms with E-state index in [1.54, 1.807) is 12.1 Å². The van der Waals surface area contributed by atoms with Crippen molar-refractivity contribution in [2.24, 2.45) is 0 Å². The second-order valence-electron chi connectivity index (χ2n) is 4.87. The van der Waals surface area contributed by atoms with Gasteiger partial charge in [0.15, 0.2) is 5.82 Å². The van der Waals surface area contributed by atoms with Gasteiger partial charge in [0.25, 0.3) is 0 Å². The van der Waals surface area contributed by atoms with Gasteiger partial charge in [0.2, 0.25) is 0 Å². The van der Waals surface area contributed by atoms with Crippen LogP contribution in [0.4, 0.5) is 10.1 Å². The van der Waals surface area contributed by atoms with Crippen LogP contribution in [0.3, 0.4) is 0 Å². The molecule has 0 spiro atoms. The third kappa shape index (κ3) is 3.26. The SMILES string of the molecule is CC(CNc1ccc(C#N)c(Br)c1F)N1CCCC1. The summed E-state index contributed by atoms with van der Waals surface area (Å²) in [5.41, 5.74) is 0.757. The molecule has 1 aromatic rings. The molecule has 0 saturated carbocycles. The van der Waals surface area contributed by atoms with Gasteiger partial charge < -0.3 is 5.32 Å². The molecule has 2 rings (SSSR count). The van der Waals surface area contributed by atoms with Crippen LogP contribution in [0, 0.1) is 17.1 Å². The van der Waals surface area contributed by atoms with Crippen LogP contribution in [-0.4, -0.2) is 30.6 Å². The van der Waals surface area contributed by atoms with Gasteiger partial charge >= 0.3 is 0 Å². The van der Waals surface area contributed by atoms with E-state index < -0.39 is 5.82 Å². The number of likely N-dealkylation sites (tertiary alicyclic amines) is 1. The van der Waals surface area contributed by atoms with E-state index in [0.29, 0.717) is 23.8 Å². The molecular weight excluding hydrogens is 309 g/mol. The van der Waals surface area contributed by atoms with E-state index in [2.05, 4.69) is 33.1 Å². The van der Waals surface area contributed by atoms with Crippen molar-refractivity contribution in [1.29, 1.82) is 5.26 Å². The molecule has 3 nitrogen and oxygen atoms in total. The van der Waals surface area contributed by atoms with Crippen LogP contribution in [0.15, 0.2) is 16.6 Å². The maximum atomic E-state index is 14.0. The van der Waals surface area contributed by atoms with Gasteiger partial charge in [-0.1, -0.05) is 0 Å². The molecule has 5 heteroatoms. The molecule has 1 atom stereocenters. The Bertz CT molecular complexity index is 492. The summed E-state index contributed by atoms with van der Waals surface area (Å²) >= 11 is 3.12. The number of halogens is 2. The van der Waals surface area contributed by atoms with Gasteiger partial charge in [-0.25, -0.2) is 4.39 Å². The number of nitrogens with zero attached hydrogens (tertiary/aromatic N) is 2. The molecule has 1 saturated heterocycles. The summed E-state index contributed by atoms with van der Waals surface area (Å²) in [5.74, 6) is -0.396.